The lowest BCUT2D eigenvalue weighted by atomic mass is 9.95. The fraction of sp³-hybridized carbons (Fsp3) is 0.222. The lowest BCUT2D eigenvalue weighted by molar-refractivity contribution is -0.384. The molecule has 0 N–H and O–H groups in total. The van der Waals surface area contributed by atoms with E-state index in [0.29, 0.717) is 16.8 Å². The van der Waals surface area contributed by atoms with E-state index in [9.17, 15) is 29.3 Å². The van der Waals surface area contributed by atoms with Crippen LogP contribution in [0.3, 0.4) is 0 Å². The minimum absolute atomic E-state index is 0.0516. The molecule has 3 aromatic rings. The molecule has 206 valence electrons. The molecular formula is C27H23N3O9S. The Labute approximate surface area is 230 Å². The van der Waals surface area contributed by atoms with Crippen molar-refractivity contribution in [3.8, 4) is 11.5 Å². The smallest absolute Gasteiger partial charge is 0.338 e. The molecule has 1 atom stereocenters. The Bertz CT molecular complexity index is 1770. The Morgan fingerprint density at radius 2 is 1.85 bits per heavy atom. The van der Waals surface area contributed by atoms with Crippen LogP contribution in [-0.2, 0) is 19.1 Å². The number of thiazole rings is 1. The molecule has 1 aliphatic rings. The molecule has 0 spiro atoms. The molecule has 12 nitrogen and oxygen atoms in total. The van der Waals surface area contributed by atoms with Crippen LogP contribution in [0.25, 0.3) is 6.08 Å². The van der Waals surface area contributed by atoms with E-state index in [4.69, 9.17) is 14.2 Å². The van der Waals surface area contributed by atoms with Crippen molar-refractivity contribution in [1.82, 2.24) is 4.57 Å². The standard InChI is InChI=1S/C27H23N3O9S/c1-5-37-26(34)23-14(2)28-27-29(24(23)18-7-6-8-19(11-18)30(35)36)25(33)22(40-27)12-17-9-10-20(38-15(3)31)13-21(17)39-16(4)32/h6-13,24H,5H2,1-4H3/b22-12+/t24-/m1/s1. The summed E-state index contributed by atoms with van der Waals surface area (Å²) in [5.74, 6) is -1.70. The number of nitro benzene ring substituents is 1. The van der Waals surface area contributed by atoms with Crippen LogP contribution in [0.4, 0.5) is 5.69 Å². The Kier molecular flexibility index (Phi) is 8.05. The highest BCUT2D eigenvalue weighted by Crippen LogP contribution is 2.32. The van der Waals surface area contributed by atoms with Gasteiger partial charge in [0.1, 0.15) is 11.5 Å². The second-order valence-corrected chi connectivity index (χ2v) is 9.55. The number of aromatic nitrogens is 1. The van der Waals surface area contributed by atoms with Gasteiger partial charge in [-0.2, -0.15) is 0 Å². The number of hydrogen-bond acceptors (Lipinski definition) is 11. The first-order chi connectivity index (χ1) is 19.0. The molecule has 0 saturated heterocycles. The first-order valence-electron chi connectivity index (χ1n) is 11.9. The van der Waals surface area contributed by atoms with Crippen LogP contribution in [0.1, 0.15) is 44.9 Å². The van der Waals surface area contributed by atoms with Crippen LogP contribution in [-0.4, -0.2) is 34.0 Å². The number of benzene rings is 2. The van der Waals surface area contributed by atoms with E-state index in [-0.39, 0.29) is 38.7 Å². The number of ether oxygens (including phenoxy) is 3. The highest BCUT2D eigenvalue weighted by Gasteiger charge is 2.34. The maximum Gasteiger partial charge on any atom is 0.338 e. The summed E-state index contributed by atoms with van der Waals surface area (Å²) >= 11 is 1.02. The normalized spacial score (nSPS) is 14.7. The van der Waals surface area contributed by atoms with Gasteiger partial charge in [0.2, 0.25) is 0 Å². The zero-order chi connectivity index (χ0) is 29.1. The minimum atomic E-state index is -1.04. The van der Waals surface area contributed by atoms with E-state index < -0.39 is 34.4 Å². The topological polar surface area (TPSA) is 156 Å². The van der Waals surface area contributed by atoms with Crippen molar-refractivity contribution in [3.63, 3.8) is 0 Å². The Hall–Kier alpha value is -4.91. The second-order valence-electron chi connectivity index (χ2n) is 8.54. The van der Waals surface area contributed by atoms with E-state index in [2.05, 4.69) is 4.99 Å². The summed E-state index contributed by atoms with van der Waals surface area (Å²) in [5.41, 5.74) is 0.292. The van der Waals surface area contributed by atoms with Crippen LogP contribution < -0.4 is 24.4 Å². The lowest BCUT2D eigenvalue weighted by Crippen LogP contribution is -2.40. The third-order valence-corrected chi connectivity index (χ3v) is 6.68. The molecule has 1 aromatic heterocycles. The van der Waals surface area contributed by atoms with Gasteiger partial charge in [-0.15, -0.1) is 0 Å². The molecule has 13 heteroatoms. The number of nitro groups is 1. The molecule has 0 aliphatic carbocycles. The maximum absolute atomic E-state index is 13.8. The number of non-ortho nitro benzene ring substituents is 1. The van der Waals surface area contributed by atoms with Gasteiger partial charge in [-0.05, 0) is 37.6 Å². The van der Waals surface area contributed by atoms with E-state index in [1.54, 1.807) is 19.9 Å². The van der Waals surface area contributed by atoms with Gasteiger partial charge in [-0.1, -0.05) is 23.5 Å². The molecule has 2 aromatic carbocycles. The van der Waals surface area contributed by atoms with Gasteiger partial charge < -0.3 is 14.2 Å². The van der Waals surface area contributed by atoms with Crippen molar-refractivity contribution >= 4 is 41.0 Å². The van der Waals surface area contributed by atoms with Gasteiger partial charge in [0.25, 0.3) is 11.2 Å². The van der Waals surface area contributed by atoms with Gasteiger partial charge in [0.15, 0.2) is 4.80 Å². The summed E-state index contributed by atoms with van der Waals surface area (Å²) in [4.78, 5) is 65.5. The number of carbonyl (C=O) groups is 3. The van der Waals surface area contributed by atoms with Gasteiger partial charge in [-0.25, -0.2) is 9.79 Å². The number of allylic oxidation sites excluding steroid dienone is 1. The summed E-state index contributed by atoms with van der Waals surface area (Å²) in [5, 5.41) is 11.5. The van der Waals surface area contributed by atoms with Gasteiger partial charge in [0, 0.05) is 37.6 Å². The first-order valence-corrected chi connectivity index (χ1v) is 12.8. The first kappa shape index (κ1) is 28.1. The van der Waals surface area contributed by atoms with Gasteiger partial charge >= 0.3 is 17.9 Å². The van der Waals surface area contributed by atoms with Crippen LogP contribution >= 0.6 is 11.3 Å². The van der Waals surface area contributed by atoms with Crippen molar-refractivity contribution in [2.75, 3.05) is 6.61 Å². The SMILES string of the molecule is CCOC(=O)C1=C(C)N=c2s/c(=C/c3ccc(OC(C)=O)cc3OC(C)=O)c(=O)n2[C@@H]1c1cccc([N+](=O)[O-])c1. The summed E-state index contributed by atoms with van der Waals surface area (Å²) in [6.07, 6.45) is 1.48. The van der Waals surface area contributed by atoms with E-state index >= 15 is 0 Å². The van der Waals surface area contributed by atoms with E-state index in [1.807, 2.05) is 0 Å². The molecule has 0 radical (unpaired) electrons. The molecule has 0 saturated carbocycles. The van der Waals surface area contributed by atoms with E-state index in [0.717, 1.165) is 11.3 Å². The van der Waals surface area contributed by atoms with Gasteiger partial charge in [0.05, 0.1) is 33.4 Å². The largest absolute Gasteiger partial charge is 0.463 e. The van der Waals surface area contributed by atoms with Crippen LogP contribution in [0, 0.1) is 10.1 Å². The summed E-state index contributed by atoms with van der Waals surface area (Å²) in [7, 11) is 0. The monoisotopic (exact) mass is 565 g/mol. The van der Waals surface area contributed by atoms with Crippen LogP contribution in [0.15, 0.2) is 63.5 Å². The number of rotatable bonds is 7. The minimum Gasteiger partial charge on any atom is -0.463 e. The summed E-state index contributed by atoms with van der Waals surface area (Å²) in [6, 6.07) is 8.96. The number of carbonyl (C=O) groups excluding carboxylic acids is 3. The average molecular weight is 566 g/mol. The van der Waals surface area contributed by atoms with Crippen molar-refractivity contribution in [1.29, 1.82) is 0 Å². The molecule has 40 heavy (non-hydrogen) atoms. The fourth-order valence-corrected chi connectivity index (χ4v) is 5.20. The third-order valence-electron chi connectivity index (χ3n) is 5.70. The van der Waals surface area contributed by atoms with Crippen molar-refractivity contribution < 1.29 is 33.5 Å². The summed E-state index contributed by atoms with van der Waals surface area (Å²) < 4.78 is 17.0. The number of fused-ring (bicyclic) bond motifs is 1. The molecule has 0 amide bonds. The zero-order valence-corrected chi connectivity index (χ0v) is 22.6. The molecule has 0 bridgehead atoms. The molecule has 2 heterocycles. The number of hydrogen-bond donors (Lipinski definition) is 0. The Balaban J connectivity index is 1.95. The Morgan fingerprint density at radius 1 is 1.12 bits per heavy atom. The fourth-order valence-electron chi connectivity index (χ4n) is 4.16. The molecule has 0 fully saturated rings. The number of esters is 3. The van der Waals surface area contributed by atoms with Gasteiger partial charge in [-0.3, -0.25) is 29.1 Å². The molecule has 0 unspecified atom stereocenters. The van der Waals surface area contributed by atoms with Crippen molar-refractivity contribution in [2.24, 2.45) is 4.99 Å². The summed E-state index contributed by atoms with van der Waals surface area (Å²) in [6.45, 7) is 5.74. The van der Waals surface area contributed by atoms with Crippen molar-refractivity contribution in [3.05, 3.63) is 94.7 Å². The third kappa shape index (κ3) is 5.73. The van der Waals surface area contributed by atoms with E-state index in [1.165, 1.54) is 60.9 Å². The quantitative estimate of drug-likeness (QED) is 0.182. The lowest BCUT2D eigenvalue weighted by Gasteiger charge is -2.24. The molecular weight excluding hydrogens is 542 g/mol. The zero-order valence-electron chi connectivity index (χ0n) is 21.8. The predicted octanol–water partition coefficient (Wildman–Crippen LogP) is 2.56. The van der Waals surface area contributed by atoms with Crippen LogP contribution in [0.2, 0.25) is 0 Å². The second kappa shape index (κ2) is 11.5. The highest BCUT2D eigenvalue weighted by molar-refractivity contribution is 7.07. The highest BCUT2D eigenvalue weighted by atomic mass is 32.1. The molecule has 4 rings (SSSR count). The number of nitrogens with zero attached hydrogens (tertiary/aromatic N) is 3. The maximum atomic E-state index is 13.8. The van der Waals surface area contributed by atoms with Crippen molar-refractivity contribution in [2.45, 2.75) is 33.7 Å². The van der Waals surface area contributed by atoms with Crippen LogP contribution in [0.5, 0.6) is 11.5 Å². The predicted molar refractivity (Wildman–Crippen MR) is 143 cm³/mol. The Morgan fingerprint density at radius 3 is 2.50 bits per heavy atom. The molecule has 1 aliphatic heterocycles. The average Bonchev–Trinajstić information content (AvgIpc) is 3.18.